The van der Waals surface area contributed by atoms with Crippen LogP contribution in [0.1, 0.15) is 20.3 Å². The molecule has 0 aliphatic carbocycles. The smallest absolute Gasteiger partial charge is 0.143 e. The lowest BCUT2D eigenvalue weighted by atomic mass is 10.3. The van der Waals surface area contributed by atoms with E-state index < -0.39 is 0 Å². The van der Waals surface area contributed by atoms with E-state index in [1.165, 1.54) is 0 Å². The van der Waals surface area contributed by atoms with E-state index in [4.69, 9.17) is 9.84 Å². The molecule has 7 heavy (non-hydrogen) atoms. The van der Waals surface area contributed by atoms with Gasteiger partial charge < -0.3 is 9.84 Å². The highest BCUT2D eigenvalue weighted by Gasteiger charge is 1.92. The topological polar surface area (TPSA) is 29.5 Å². The summed E-state index contributed by atoms with van der Waals surface area (Å²) in [6.45, 7) is 3.78. The molecule has 44 valence electrons. The fourth-order valence-corrected chi connectivity index (χ4v) is 0.245. The Labute approximate surface area is 44.1 Å². The van der Waals surface area contributed by atoms with Gasteiger partial charge in [-0.2, -0.15) is 0 Å². The van der Waals surface area contributed by atoms with Gasteiger partial charge in [-0.1, -0.05) is 6.92 Å². The summed E-state index contributed by atoms with van der Waals surface area (Å²) in [5.41, 5.74) is 0. The largest absolute Gasteiger partial charge is 0.371 e. The zero-order chi connectivity index (χ0) is 5.70. The molecule has 0 radical (unpaired) electrons. The molecule has 0 aromatic heterocycles. The molecule has 0 bridgehead atoms. The highest BCUT2D eigenvalue weighted by molar-refractivity contribution is 4.39. The Morgan fingerprint density at radius 3 is 2.43 bits per heavy atom. The maximum Gasteiger partial charge on any atom is 0.143 e. The van der Waals surface area contributed by atoms with Gasteiger partial charge in [0.25, 0.3) is 0 Å². The number of hydrogen-bond donors (Lipinski definition) is 1. The van der Waals surface area contributed by atoms with E-state index in [2.05, 4.69) is 0 Å². The van der Waals surface area contributed by atoms with Crippen molar-refractivity contribution in [3.8, 4) is 0 Å². The predicted molar refractivity (Wildman–Crippen MR) is 27.9 cm³/mol. The number of rotatable bonds is 3. The lowest BCUT2D eigenvalue weighted by molar-refractivity contribution is -0.0432. The summed E-state index contributed by atoms with van der Waals surface area (Å²) in [5, 5.41) is 8.15. The molecule has 1 unspecified atom stereocenters. The Hall–Kier alpha value is -0.0800. The molecule has 0 rings (SSSR count). The third kappa shape index (κ3) is 3.76. The quantitative estimate of drug-likeness (QED) is 0.535. The molecule has 0 spiro atoms. The third-order valence-electron chi connectivity index (χ3n) is 0.934. The van der Waals surface area contributed by atoms with Gasteiger partial charge >= 0.3 is 0 Å². The van der Waals surface area contributed by atoms with Crippen LogP contribution in [0.5, 0.6) is 0 Å². The number of aliphatic hydroxyl groups excluding tert-OH is 1. The van der Waals surface area contributed by atoms with Crippen LogP contribution in [0, 0.1) is 0 Å². The zero-order valence-electron chi connectivity index (χ0n) is 4.85. The Morgan fingerprint density at radius 2 is 2.29 bits per heavy atom. The summed E-state index contributed by atoms with van der Waals surface area (Å²) in [6, 6.07) is 0. The van der Waals surface area contributed by atoms with Crippen molar-refractivity contribution in [1.82, 2.24) is 0 Å². The summed E-state index contributed by atoms with van der Waals surface area (Å²) in [6.07, 6.45) is 1.16. The van der Waals surface area contributed by atoms with Gasteiger partial charge in [0.1, 0.15) is 6.79 Å². The van der Waals surface area contributed by atoms with Crippen molar-refractivity contribution in [3.05, 3.63) is 0 Å². The monoisotopic (exact) mass is 104 g/mol. The van der Waals surface area contributed by atoms with Crippen molar-refractivity contribution in [2.24, 2.45) is 0 Å². The van der Waals surface area contributed by atoms with Crippen LogP contribution in [-0.4, -0.2) is 18.0 Å². The second-order valence-electron chi connectivity index (χ2n) is 1.51. The number of ether oxygens (including phenoxy) is 1. The summed E-state index contributed by atoms with van der Waals surface area (Å²) in [4.78, 5) is 0. The summed E-state index contributed by atoms with van der Waals surface area (Å²) < 4.78 is 4.75. The van der Waals surface area contributed by atoms with Crippen molar-refractivity contribution in [3.63, 3.8) is 0 Å². The maximum atomic E-state index is 8.15. The summed E-state index contributed by atoms with van der Waals surface area (Å²) in [7, 11) is 0. The Balaban J connectivity index is 2.83. The van der Waals surface area contributed by atoms with Gasteiger partial charge in [0.15, 0.2) is 0 Å². The fourth-order valence-electron chi connectivity index (χ4n) is 0.245. The number of hydrogen-bond acceptors (Lipinski definition) is 2. The highest BCUT2D eigenvalue weighted by Crippen LogP contribution is 1.92. The maximum absolute atomic E-state index is 8.15. The lowest BCUT2D eigenvalue weighted by Crippen LogP contribution is -2.06. The molecule has 2 nitrogen and oxygen atoms in total. The Morgan fingerprint density at radius 1 is 1.71 bits per heavy atom. The van der Waals surface area contributed by atoms with E-state index in [-0.39, 0.29) is 12.9 Å². The van der Waals surface area contributed by atoms with Gasteiger partial charge in [0.05, 0.1) is 6.10 Å². The van der Waals surface area contributed by atoms with E-state index in [0.717, 1.165) is 6.42 Å². The molecule has 0 amide bonds. The zero-order valence-corrected chi connectivity index (χ0v) is 4.85. The van der Waals surface area contributed by atoms with Gasteiger partial charge in [0, 0.05) is 0 Å². The minimum Gasteiger partial charge on any atom is -0.371 e. The molecular formula is C5H12O2. The van der Waals surface area contributed by atoms with Crippen LogP contribution in [0.4, 0.5) is 0 Å². The molecule has 0 heterocycles. The summed E-state index contributed by atoms with van der Waals surface area (Å²) >= 11 is 0. The van der Waals surface area contributed by atoms with E-state index in [0.29, 0.717) is 0 Å². The fraction of sp³-hybridized carbons (Fsp3) is 1.00. The predicted octanol–water partition coefficient (Wildman–Crippen LogP) is 0.751. The van der Waals surface area contributed by atoms with Crippen molar-refractivity contribution in [1.29, 1.82) is 0 Å². The van der Waals surface area contributed by atoms with Gasteiger partial charge in [-0.05, 0) is 13.3 Å². The lowest BCUT2D eigenvalue weighted by Gasteiger charge is -2.04. The van der Waals surface area contributed by atoms with Gasteiger partial charge in [-0.3, -0.25) is 0 Å². The van der Waals surface area contributed by atoms with Crippen LogP contribution in [-0.2, 0) is 4.74 Å². The van der Waals surface area contributed by atoms with E-state index in [1.54, 1.807) is 0 Å². The second kappa shape index (κ2) is 4.09. The van der Waals surface area contributed by atoms with Crippen molar-refractivity contribution in [2.75, 3.05) is 6.79 Å². The van der Waals surface area contributed by atoms with Crippen molar-refractivity contribution < 1.29 is 9.84 Å². The molecular weight excluding hydrogens is 92.1 g/mol. The molecule has 0 saturated heterocycles. The molecule has 2 heteroatoms. The minimum atomic E-state index is -0.158. The molecule has 0 saturated carbocycles. The molecule has 0 aliphatic heterocycles. The first-order chi connectivity index (χ1) is 3.31. The molecule has 0 aromatic rings. The molecule has 1 N–H and O–H groups in total. The third-order valence-corrected chi connectivity index (χ3v) is 0.934. The van der Waals surface area contributed by atoms with Crippen LogP contribution in [0.3, 0.4) is 0 Å². The van der Waals surface area contributed by atoms with Crippen LogP contribution in [0.2, 0.25) is 0 Å². The van der Waals surface area contributed by atoms with E-state index >= 15 is 0 Å². The van der Waals surface area contributed by atoms with Crippen molar-refractivity contribution in [2.45, 2.75) is 26.4 Å². The van der Waals surface area contributed by atoms with Crippen LogP contribution in [0.15, 0.2) is 0 Å². The summed E-state index contributed by atoms with van der Waals surface area (Å²) in [5.74, 6) is 0. The molecule has 0 aromatic carbocycles. The average molecular weight is 104 g/mol. The van der Waals surface area contributed by atoms with Crippen molar-refractivity contribution >= 4 is 0 Å². The van der Waals surface area contributed by atoms with Crippen LogP contribution < -0.4 is 0 Å². The van der Waals surface area contributed by atoms with Gasteiger partial charge in [0.2, 0.25) is 0 Å². The van der Waals surface area contributed by atoms with Crippen LogP contribution >= 0.6 is 0 Å². The SMILES string of the molecule is CCC(C)OCO. The standard InChI is InChI=1S/C5H12O2/c1-3-5(2)7-4-6/h5-6H,3-4H2,1-2H3. The number of aliphatic hydroxyl groups is 1. The first-order valence-electron chi connectivity index (χ1n) is 2.53. The first kappa shape index (κ1) is 6.92. The molecule has 1 atom stereocenters. The Kier molecular flexibility index (Phi) is 4.04. The first-order valence-corrected chi connectivity index (χ1v) is 2.53. The van der Waals surface area contributed by atoms with Crippen LogP contribution in [0.25, 0.3) is 0 Å². The molecule has 0 aliphatic rings. The molecule has 0 fully saturated rings. The highest BCUT2D eigenvalue weighted by atomic mass is 16.6. The second-order valence-corrected chi connectivity index (χ2v) is 1.51. The average Bonchev–Trinajstić information content (AvgIpc) is 1.68. The normalized spacial score (nSPS) is 14.1. The van der Waals surface area contributed by atoms with E-state index in [1.807, 2.05) is 13.8 Å². The Bertz CT molecular complexity index is 37.1. The van der Waals surface area contributed by atoms with E-state index in [9.17, 15) is 0 Å². The van der Waals surface area contributed by atoms with Gasteiger partial charge in [-0.15, -0.1) is 0 Å². The van der Waals surface area contributed by atoms with Gasteiger partial charge in [-0.25, -0.2) is 0 Å². The minimum absolute atomic E-state index is 0.158.